The Labute approximate surface area is 109 Å². The third kappa shape index (κ3) is 3.24. The molecule has 1 aromatic carbocycles. The minimum absolute atomic E-state index is 0.435. The van der Waals surface area contributed by atoms with Crippen LogP contribution >= 0.6 is 0 Å². The van der Waals surface area contributed by atoms with Gasteiger partial charge in [0.25, 0.3) is 0 Å². The van der Waals surface area contributed by atoms with Crippen LogP contribution in [0.5, 0.6) is 5.75 Å². The first-order valence-electron chi connectivity index (χ1n) is 6.80. The summed E-state index contributed by atoms with van der Waals surface area (Å²) in [4.78, 5) is 0. The van der Waals surface area contributed by atoms with Crippen LogP contribution in [-0.2, 0) is 4.74 Å². The first kappa shape index (κ1) is 13.4. The van der Waals surface area contributed by atoms with Gasteiger partial charge >= 0.3 is 0 Å². The van der Waals surface area contributed by atoms with Gasteiger partial charge in [-0.1, -0.05) is 19.1 Å². The van der Waals surface area contributed by atoms with Crippen LogP contribution in [0, 0.1) is 5.92 Å². The van der Waals surface area contributed by atoms with E-state index in [1.807, 2.05) is 12.1 Å². The normalized spacial score (nSPS) is 18.6. The van der Waals surface area contributed by atoms with Crippen molar-refractivity contribution in [3.63, 3.8) is 0 Å². The molecule has 0 radical (unpaired) electrons. The average molecular weight is 249 g/mol. The van der Waals surface area contributed by atoms with Crippen LogP contribution in [0.15, 0.2) is 24.3 Å². The molecule has 1 N–H and O–H groups in total. The zero-order chi connectivity index (χ0) is 12.8. The van der Waals surface area contributed by atoms with Gasteiger partial charge in [-0.25, -0.2) is 0 Å². The van der Waals surface area contributed by atoms with E-state index in [1.54, 1.807) is 7.11 Å². The fraction of sp³-hybridized carbons (Fsp3) is 0.600. The molecule has 3 heteroatoms. The lowest BCUT2D eigenvalue weighted by atomic mass is 9.87. The quantitative estimate of drug-likeness (QED) is 0.870. The van der Waals surface area contributed by atoms with Gasteiger partial charge in [-0.3, -0.25) is 0 Å². The molecule has 100 valence electrons. The number of nitrogens with one attached hydrogen (secondary N) is 1. The van der Waals surface area contributed by atoms with Crippen molar-refractivity contribution >= 4 is 0 Å². The summed E-state index contributed by atoms with van der Waals surface area (Å²) < 4.78 is 10.7. The molecule has 1 saturated heterocycles. The van der Waals surface area contributed by atoms with Gasteiger partial charge in [0.15, 0.2) is 0 Å². The van der Waals surface area contributed by atoms with Gasteiger partial charge in [-0.2, -0.15) is 0 Å². The van der Waals surface area contributed by atoms with Crippen LogP contribution in [-0.4, -0.2) is 26.9 Å². The van der Waals surface area contributed by atoms with Gasteiger partial charge in [0.2, 0.25) is 0 Å². The smallest absolute Gasteiger partial charge is 0.118 e. The highest BCUT2D eigenvalue weighted by Crippen LogP contribution is 2.30. The van der Waals surface area contributed by atoms with Crippen molar-refractivity contribution in [2.45, 2.75) is 25.8 Å². The number of hydrogen-bond acceptors (Lipinski definition) is 3. The molecule has 1 heterocycles. The molecule has 1 aliphatic rings. The molecular formula is C15H23NO2. The van der Waals surface area contributed by atoms with Gasteiger partial charge in [0, 0.05) is 19.3 Å². The molecular weight excluding hydrogens is 226 g/mol. The van der Waals surface area contributed by atoms with E-state index in [0.29, 0.717) is 12.0 Å². The summed E-state index contributed by atoms with van der Waals surface area (Å²) >= 11 is 0. The van der Waals surface area contributed by atoms with E-state index < -0.39 is 0 Å². The molecule has 0 saturated carbocycles. The number of hydrogen-bond donors (Lipinski definition) is 1. The Morgan fingerprint density at radius 3 is 2.50 bits per heavy atom. The molecule has 1 fully saturated rings. The number of benzene rings is 1. The fourth-order valence-electron chi connectivity index (χ4n) is 2.64. The second kappa shape index (κ2) is 6.76. The van der Waals surface area contributed by atoms with E-state index in [4.69, 9.17) is 9.47 Å². The Kier molecular flexibility index (Phi) is 5.02. The third-order valence-electron chi connectivity index (χ3n) is 3.64. The highest BCUT2D eigenvalue weighted by atomic mass is 16.5. The SMILES string of the molecule is CCNC(c1ccc(OC)cc1)C1CCOCC1. The molecule has 18 heavy (non-hydrogen) atoms. The van der Waals surface area contributed by atoms with Crippen LogP contribution in [0.25, 0.3) is 0 Å². The molecule has 1 unspecified atom stereocenters. The minimum atomic E-state index is 0.435. The molecule has 2 rings (SSSR count). The Morgan fingerprint density at radius 1 is 1.28 bits per heavy atom. The Hall–Kier alpha value is -1.06. The summed E-state index contributed by atoms with van der Waals surface area (Å²) in [5, 5.41) is 3.61. The van der Waals surface area contributed by atoms with Crippen molar-refractivity contribution in [3.8, 4) is 5.75 Å². The number of methoxy groups -OCH3 is 1. The zero-order valence-electron chi connectivity index (χ0n) is 11.3. The van der Waals surface area contributed by atoms with Gasteiger partial charge in [0.05, 0.1) is 7.11 Å². The molecule has 1 aromatic rings. The lowest BCUT2D eigenvalue weighted by Crippen LogP contribution is -2.32. The van der Waals surface area contributed by atoms with Crippen LogP contribution in [0.2, 0.25) is 0 Å². The summed E-state index contributed by atoms with van der Waals surface area (Å²) in [5.74, 6) is 1.59. The van der Waals surface area contributed by atoms with E-state index >= 15 is 0 Å². The lowest BCUT2D eigenvalue weighted by molar-refractivity contribution is 0.0538. The largest absolute Gasteiger partial charge is 0.497 e. The Balaban J connectivity index is 2.11. The van der Waals surface area contributed by atoms with Gasteiger partial charge in [-0.15, -0.1) is 0 Å². The van der Waals surface area contributed by atoms with Gasteiger partial charge in [-0.05, 0) is 43.0 Å². The van der Waals surface area contributed by atoms with E-state index in [0.717, 1.165) is 38.3 Å². The summed E-state index contributed by atoms with van der Waals surface area (Å²) in [7, 11) is 1.70. The van der Waals surface area contributed by atoms with Gasteiger partial charge < -0.3 is 14.8 Å². The second-order valence-corrected chi connectivity index (χ2v) is 4.76. The Bertz CT molecular complexity index is 344. The molecule has 0 aromatic heterocycles. The maximum Gasteiger partial charge on any atom is 0.118 e. The standard InChI is InChI=1S/C15H23NO2/c1-3-16-15(13-8-10-18-11-9-13)12-4-6-14(17-2)7-5-12/h4-7,13,15-16H,3,8-11H2,1-2H3. The predicted octanol–water partition coefficient (Wildman–Crippen LogP) is 2.77. The van der Waals surface area contributed by atoms with Crippen LogP contribution in [0.1, 0.15) is 31.4 Å². The minimum Gasteiger partial charge on any atom is -0.497 e. The van der Waals surface area contributed by atoms with Crippen molar-refractivity contribution in [2.24, 2.45) is 5.92 Å². The maximum atomic E-state index is 5.45. The van der Waals surface area contributed by atoms with E-state index in [9.17, 15) is 0 Å². The first-order valence-corrected chi connectivity index (χ1v) is 6.80. The van der Waals surface area contributed by atoms with Crippen LogP contribution < -0.4 is 10.1 Å². The molecule has 0 bridgehead atoms. The molecule has 3 nitrogen and oxygen atoms in total. The monoisotopic (exact) mass is 249 g/mol. The first-order chi connectivity index (χ1) is 8.85. The predicted molar refractivity (Wildman–Crippen MR) is 73.0 cm³/mol. The summed E-state index contributed by atoms with van der Waals surface area (Å²) in [6, 6.07) is 8.85. The van der Waals surface area contributed by atoms with Gasteiger partial charge in [0.1, 0.15) is 5.75 Å². The van der Waals surface area contributed by atoms with Crippen molar-refractivity contribution in [3.05, 3.63) is 29.8 Å². The van der Waals surface area contributed by atoms with Crippen LogP contribution in [0.3, 0.4) is 0 Å². The topological polar surface area (TPSA) is 30.5 Å². The molecule has 0 spiro atoms. The van der Waals surface area contributed by atoms with Crippen molar-refractivity contribution in [1.82, 2.24) is 5.32 Å². The Morgan fingerprint density at radius 2 is 1.94 bits per heavy atom. The second-order valence-electron chi connectivity index (χ2n) is 4.76. The van der Waals surface area contributed by atoms with Crippen molar-refractivity contribution < 1.29 is 9.47 Å². The summed E-state index contributed by atoms with van der Waals surface area (Å²) in [6.45, 7) is 4.94. The van der Waals surface area contributed by atoms with E-state index in [-0.39, 0.29) is 0 Å². The molecule has 1 aliphatic heterocycles. The number of rotatable bonds is 5. The molecule has 1 atom stereocenters. The highest BCUT2D eigenvalue weighted by Gasteiger charge is 2.24. The fourth-order valence-corrected chi connectivity index (χ4v) is 2.64. The maximum absolute atomic E-state index is 5.45. The lowest BCUT2D eigenvalue weighted by Gasteiger charge is -2.31. The third-order valence-corrected chi connectivity index (χ3v) is 3.64. The summed E-state index contributed by atoms with van der Waals surface area (Å²) in [5.41, 5.74) is 1.35. The number of ether oxygens (including phenoxy) is 2. The van der Waals surface area contributed by atoms with E-state index in [1.165, 1.54) is 5.56 Å². The van der Waals surface area contributed by atoms with Crippen molar-refractivity contribution in [1.29, 1.82) is 0 Å². The zero-order valence-corrected chi connectivity index (χ0v) is 11.3. The van der Waals surface area contributed by atoms with Crippen LogP contribution in [0.4, 0.5) is 0 Å². The summed E-state index contributed by atoms with van der Waals surface area (Å²) in [6.07, 6.45) is 2.29. The molecule has 0 aliphatic carbocycles. The van der Waals surface area contributed by atoms with E-state index in [2.05, 4.69) is 24.4 Å². The average Bonchev–Trinajstić information content (AvgIpc) is 2.46. The molecule has 0 amide bonds. The van der Waals surface area contributed by atoms with Crippen molar-refractivity contribution in [2.75, 3.05) is 26.9 Å². The highest BCUT2D eigenvalue weighted by molar-refractivity contribution is 5.29.